The molecule has 25 heavy (non-hydrogen) atoms. The second-order valence-electron chi connectivity index (χ2n) is 6.45. The van der Waals surface area contributed by atoms with Gasteiger partial charge in [-0.1, -0.05) is 64.7 Å². The van der Waals surface area contributed by atoms with Crippen LogP contribution >= 0.6 is 0 Å². The van der Waals surface area contributed by atoms with Gasteiger partial charge in [-0.3, -0.25) is 9.59 Å². The minimum atomic E-state index is -0.721. The lowest BCUT2D eigenvalue weighted by atomic mass is 10.1. The summed E-state index contributed by atoms with van der Waals surface area (Å²) in [5.74, 6) is -1.39. The lowest BCUT2D eigenvalue weighted by molar-refractivity contribution is -0.138. The van der Waals surface area contributed by atoms with Crippen molar-refractivity contribution >= 4 is 11.9 Å². The quantitative estimate of drug-likeness (QED) is 0.309. The molecule has 0 aliphatic rings. The van der Waals surface area contributed by atoms with Crippen LogP contribution in [0.1, 0.15) is 96.8 Å². The smallest absolute Gasteiger partial charge is 0.303 e. The van der Waals surface area contributed by atoms with Gasteiger partial charge in [0.25, 0.3) is 0 Å². The Morgan fingerprint density at radius 3 is 1.52 bits per heavy atom. The van der Waals surface area contributed by atoms with E-state index in [9.17, 15) is 9.59 Å². The van der Waals surface area contributed by atoms with Crippen molar-refractivity contribution < 1.29 is 30.0 Å². The summed E-state index contributed by atoms with van der Waals surface area (Å²) in [6.07, 6.45) is 12.1. The first kappa shape index (κ1) is 26.1. The molecule has 0 rings (SSSR count). The van der Waals surface area contributed by atoms with Gasteiger partial charge in [0.05, 0.1) is 12.7 Å². The third-order valence-corrected chi connectivity index (χ3v) is 3.88. The van der Waals surface area contributed by atoms with Gasteiger partial charge in [-0.15, -0.1) is 0 Å². The summed E-state index contributed by atoms with van der Waals surface area (Å²) < 4.78 is 0. The summed E-state index contributed by atoms with van der Waals surface area (Å²) in [7, 11) is 0. The molecule has 0 saturated heterocycles. The third-order valence-electron chi connectivity index (χ3n) is 3.88. The van der Waals surface area contributed by atoms with Gasteiger partial charge < -0.3 is 20.4 Å². The van der Waals surface area contributed by atoms with E-state index in [1.54, 1.807) is 0 Å². The van der Waals surface area contributed by atoms with Crippen LogP contribution in [0.4, 0.5) is 0 Å². The van der Waals surface area contributed by atoms with E-state index < -0.39 is 18.0 Å². The molecule has 0 saturated carbocycles. The van der Waals surface area contributed by atoms with Gasteiger partial charge in [-0.25, -0.2) is 0 Å². The summed E-state index contributed by atoms with van der Waals surface area (Å²) in [5, 5.41) is 34.3. The Morgan fingerprint density at radius 2 is 1.12 bits per heavy atom. The van der Waals surface area contributed by atoms with E-state index >= 15 is 0 Å². The van der Waals surface area contributed by atoms with Crippen LogP contribution in [0.25, 0.3) is 0 Å². The number of aliphatic carboxylic acids is 2. The molecular weight excluding hydrogens is 324 g/mol. The molecule has 6 heteroatoms. The van der Waals surface area contributed by atoms with Crippen molar-refractivity contribution in [3.05, 3.63) is 0 Å². The maximum Gasteiger partial charge on any atom is 0.303 e. The van der Waals surface area contributed by atoms with Gasteiger partial charge in [0.2, 0.25) is 0 Å². The fourth-order valence-electron chi connectivity index (χ4n) is 2.33. The first-order valence-electron chi connectivity index (χ1n) is 9.66. The number of aliphatic hydroxyl groups excluding tert-OH is 2. The summed E-state index contributed by atoms with van der Waals surface area (Å²) in [4.78, 5) is 20.2. The van der Waals surface area contributed by atoms with E-state index in [0.717, 1.165) is 51.4 Å². The van der Waals surface area contributed by atoms with E-state index in [-0.39, 0.29) is 13.0 Å². The van der Waals surface area contributed by atoms with Crippen LogP contribution in [0.3, 0.4) is 0 Å². The summed E-state index contributed by atoms with van der Waals surface area (Å²) in [6, 6.07) is 0. The Morgan fingerprint density at radius 1 is 0.720 bits per heavy atom. The van der Waals surface area contributed by atoms with Gasteiger partial charge in [-0.2, -0.15) is 0 Å². The molecule has 0 aliphatic heterocycles. The van der Waals surface area contributed by atoms with E-state index in [0.29, 0.717) is 12.8 Å². The summed E-state index contributed by atoms with van der Waals surface area (Å²) in [5.41, 5.74) is 0. The molecule has 0 spiro atoms. The van der Waals surface area contributed by atoms with E-state index in [1.165, 1.54) is 19.3 Å². The monoisotopic (exact) mass is 362 g/mol. The van der Waals surface area contributed by atoms with Crippen molar-refractivity contribution in [3.63, 3.8) is 0 Å². The standard InChI is InChI=1S/C11H22O4.C8H16O2/c12-9-10(13)7-5-3-1-2-4-6-8-11(14)15;1-2-3-4-5-6-7-8(9)10/h10,12-13H,1-9H2,(H,14,15);2-7H2,1H3,(H,9,10). The molecule has 1 unspecified atom stereocenters. The van der Waals surface area contributed by atoms with Crippen LogP contribution in [0.15, 0.2) is 0 Å². The molecule has 0 aromatic heterocycles. The topological polar surface area (TPSA) is 115 Å². The zero-order valence-corrected chi connectivity index (χ0v) is 15.8. The first-order chi connectivity index (χ1) is 11.9. The lowest BCUT2D eigenvalue weighted by Crippen LogP contribution is -2.10. The molecule has 0 radical (unpaired) electrons. The molecule has 0 bridgehead atoms. The van der Waals surface area contributed by atoms with E-state index in [1.807, 2.05) is 0 Å². The molecule has 0 amide bonds. The molecule has 0 heterocycles. The molecule has 0 aromatic carbocycles. The average molecular weight is 363 g/mol. The zero-order valence-electron chi connectivity index (χ0n) is 15.8. The Hall–Kier alpha value is -1.14. The third kappa shape index (κ3) is 28.0. The van der Waals surface area contributed by atoms with Crippen LogP contribution in [0, 0.1) is 0 Å². The highest BCUT2D eigenvalue weighted by Crippen LogP contribution is 2.09. The van der Waals surface area contributed by atoms with Crippen LogP contribution in [0.5, 0.6) is 0 Å². The molecule has 0 fully saturated rings. The van der Waals surface area contributed by atoms with Crippen LogP contribution in [0.2, 0.25) is 0 Å². The number of hydrogen-bond acceptors (Lipinski definition) is 4. The van der Waals surface area contributed by atoms with Crippen LogP contribution in [-0.2, 0) is 9.59 Å². The Bertz CT molecular complexity index is 306. The average Bonchev–Trinajstić information content (AvgIpc) is 2.57. The van der Waals surface area contributed by atoms with Crippen molar-refractivity contribution in [2.45, 2.75) is 103 Å². The number of aliphatic hydroxyl groups is 2. The Balaban J connectivity index is 0. The zero-order chi connectivity index (χ0) is 19.3. The van der Waals surface area contributed by atoms with Crippen LogP contribution in [-0.4, -0.2) is 45.1 Å². The largest absolute Gasteiger partial charge is 0.481 e. The number of unbranched alkanes of at least 4 members (excludes halogenated alkanes) is 9. The predicted molar refractivity (Wildman–Crippen MR) is 98.7 cm³/mol. The van der Waals surface area contributed by atoms with Gasteiger partial charge in [-0.05, 0) is 19.3 Å². The maximum absolute atomic E-state index is 10.2. The van der Waals surface area contributed by atoms with Gasteiger partial charge in [0.1, 0.15) is 0 Å². The van der Waals surface area contributed by atoms with Crippen molar-refractivity contribution in [3.8, 4) is 0 Å². The second-order valence-corrected chi connectivity index (χ2v) is 6.45. The first-order valence-corrected chi connectivity index (χ1v) is 9.66. The number of carbonyl (C=O) groups is 2. The van der Waals surface area contributed by atoms with E-state index in [2.05, 4.69) is 6.92 Å². The van der Waals surface area contributed by atoms with Crippen molar-refractivity contribution in [1.82, 2.24) is 0 Å². The molecule has 6 nitrogen and oxygen atoms in total. The molecule has 1 atom stereocenters. The highest BCUT2D eigenvalue weighted by Gasteiger charge is 2.01. The van der Waals surface area contributed by atoms with Crippen molar-refractivity contribution in [2.75, 3.05) is 6.61 Å². The van der Waals surface area contributed by atoms with Crippen molar-refractivity contribution in [2.24, 2.45) is 0 Å². The molecule has 0 aliphatic carbocycles. The fourth-order valence-corrected chi connectivity index (χ4v) is 2.33. The minimum absolute atomic E-state index is 0.154. The molecule has 150 valence electrons. The minimum Gasteiger partial charge on any atom is -0.481 e. The predicted octanol–water partition coefficient (Wildman–Crippen LogP) is 3.98. The number of hydrogen-bond donors (Lipinski definition) is 4. The molecular formula is C19H38O6. The second kappa shape index (κ2) is 20.9. The van der Waals surface area contributed by atoms with Gasteiger partial charge in [0, 0.05) is 12.8 Å². The Labute approximate surface area is 152 Å². The fraction of sp³-hybridized carbons (Fsp3) is 0.895. The Kier molecular flexibility index (Phi) is 21.8. The molecule has 4 N–H and O–H groups in total. The normalized spacial score (nSPS) is 11.5. The van der Waals surface area contributed by atoms with Gasteiger partial charge in [0.15, 0.2) is 0 Å². The van der Waals surface area contributed by atoms with E-state index in [4.69, 9.17) is 20.4 Å². The number of rotatable bonds is 16. The summed E-state index contributed by atoms with van der Waals surface area (Å²) in [6.45, 7) is 2.00. The molecule has 0 aromatic rings. The highest BCUT2D eigenvalue weighted by atomic mass is 16.4. The van der Waals surface area contributed by atoms with Gasteiger partial charge >= 0.3 is 11.9 Å². The number of carboxylic acids is 2. The summed E-state index contributed by atoms with van der Waals surface area (Å²) >= 11 is 0. The number of carboxylic acid groups (broad SMARTS) is 2. The maximum atomic E-state index is 10.2. The highest BCUT2D eigenvalue weighted by molar-refractivity contribution is 5.66. The lowest BCUT2D eigenvalue weighted by Gasteiger charge is -2.05. The SMILES string of the molecule is CCCCCCCC(=O)O.O=C(O)CCCCCCCCC(O)CO. The van der Waals surface area contributed by atoms with Crippen LogP contribution < -0.4 is 0 Å². The van der Waals surface area contributed by atoms with Crippen molar-refractivity contribution in [1.29, 1.82) is 0 Å².